The topological polar surface area (TPSA) is 52.6 Å². The van der Waals surface area contributed by atoms with Crippen LogP contribution in [-0.2, 0) is 4.79 Å². The predicted molar refractivity (Wildman–Crippen MR) is 41.5 cm³/mol. The fourth-order valence-electron chi connectivity index (χ4n) is 1.23. The SMILES string of the molecule is C[C@H](C(=O)O)N1CCNCC1. The molecule has 0 saturated carbocycles. The standard InChI is InChI=1S/C7H14N2O2/c1-6(7(10)11)9-4-2-8-3-5-9/h6,8H,2-5H2,1H3,(H,10,11)/t6-/m1/s1. The maximum absolute atomic E-state index is 10.5. The summed E-state index contributed by atoms with van der Waals surface area (Å²) in [6, 6.07) is -0.336. The number of hydrogen-bond acceptors (Lipinski definition) is 3. The summed E-state index contributed by atoms with van der Waals surface area (Å²) in [4.78, 5) is 12.5. The van der Waals surface area contributed by atoms with Crippen molar-refractivity contribution in [3.05, 3.63) is 0 Å². The molecular weight excluding hydrogens is 144 g/mol. The third-order valence-corrected chi connectivity index (χ3v) is 2.06. The molecule has 0 aromatic rings. The Hall–Kier alpha value is -0.610. The zero-order valence-electron chi connectivity index (χ0n) is 6.71. The molecule has 64 valence electrons. The van der Waals surface area contributed by atoms with Gasteiger partial charge in [0, 0.05) is 26.2 Å². The molecule has 11 heavy (non-hydrogen) atoms. The van der Waals surface area contributed by atoms with Gasteiger partial charge in [0.2, 0.25) is 0 Å². The number of piperazine rings is 1. The van der Waals surface area contributed by atoms with Crippen molar-refractivity contribution in [3.8, 4) is 0 Å². The van der Waals surface area contributed by atoms with Gasteiger partial charge in [0.05, 0.1) is 0 Å². The van der Waals surface area contributed by atoms with Gasteiger partial charge >= 0.3 is 5.97 Å². The average Bonchev–Trinajstić information content (AvgIpc) is 2.05. The highest BCUT2D eigenvalue weighted by Gasteiger charge is 2.21. The molecule has 0 aromatic carbocycles. The van der Waals surface area contributed by atoms with Crippen LogP contribution in [0.2, 0.25) is 0 Å². The van der Waals surface area contributed by atoms with Crippen LogP contribution in [0, 0.1) is 0 Å². The van der Waals surface area contributed by atoms with Crippen molar-refractivity contribution >= 4 is 5.97 Å². The third kappa shape index (κ3) is 2.17. The summed E-state index contributed by atoms with van der Waals surface area (Å²) < 4.78 is 0. The first kappa shape index (κ1) is 8.49. The van der Waals surface area contributed by atoms with Gasteiger partial charge in [0.25, 0.3) is 0 Å². The Bertz CT molecular complexity index is 143. The highest BCUT2D eigenvalue weighted by molar-refractivity contribution is 5.72. The Labute approximate surface area is 66.2 Å². The Morgan fingerprint density at radius 1 is 1.55 bits per heavy atom. The summed E-state index contributed by atoms with van der Waals surface area (Å²) in [5.74, 6) is -0.730. The second-order valence-electron chi connectivity index (χ2n) is 2.80. The minimum atomic E-state index is -0.730. The fourth-order valence-corrected chi connectivity index (χ4v) is 1.23. The molecule has 0 spiro atoms. The van der Waals surface area contributed by atoms with Crippen LogP contribution < -0.4 is 5.32 Å². The number of carbonyl (C=O) groups is 1. The fraction of sp³-hybridized carbons (Fsp3) is 0.857. The summed E-state index contributed by atoms with van der Waals surface area (Å²) in [5.41, 5.74) is 0. The van der Waals surface area contributed by atoms with E-state index in [1.807, 2.05) is 4.90 Å². The highest BCUT2D eigenvalue weighted by atomic mass is 16.4. The van der Waals surface area contributed by atoms with E-state index in [1.54, 1.807) is 6.92 Å². The Morgan fingerprint density at radius 2 is 2.09 bits per heavy atom. The molecule has 1 fully saturated rings. The molecule has 4 nitrogen and oxygen atoms in total. The van der Waals surface area contributed by atoms with E-state index >= 15 is 0 Å². The van der Waals surface area contributed by atoms with Gasteiger partial charge < -0.3 is 10.4 Å². The molecule has 4 heteroatoms. The molecular formula is C7H14N2O2. The van der Waals surface area contributed by atoms with E-state index in [-0.39, 0.29) is 6.04 Å². The molecule has 0 unspecified atom stereocenters. The molecule has 0 bridgehead atoms. The highest BCUT2D eigenvalue weighted by Crippen LogP contribution is 1.99. The van der Waals surface area contributed by atoms with Gasteiger partial charge in [0.15, 0.2) is 0 Å². The molecule has 1 saturated heterocycles. The second-order valence-corrected chi connectivity index (χ2v) is 2.80. The van der Waals surface area contributed by atoms with Crippen molar-refractivity contribution in [2.45, 2.75) is 13.0 Å². The zero-order valence-corrected chi connectivity index (χ0v) is 6.71. The van der Waals surface area contributed by atoms with E-state index in [9.17, 15) is 4.79 Å². The van der Waals surface area contributed by atoms with E-state index in [4.69, 9.17) is 5.11 Å². The first-order chi connectivity index (χ1) is 5.22. The maximum atomic E-state index is 10.5. The number of rotatable bonds is 2. The van der Waals surface area contributed by atoms with E-state index in [2.05, 4.69) is 5.32 Å². The number of carboxylic acid groups (broad SMARTS) is 1. The molecule has 2 N–H and O–H groups in total. The number of nitrogens with zero attached hydrogens (tertiary/aromatic N) is 1. The maximum Gasteiger partial charge on any atom is 0.320 e. The molecule has 0 aromatic heterocycles. The summed E-state index contributed by atoms with van der Waals surface area (Å²) in [6.45, 7) is 5.21. The minimum absolute atomic E-state index is 0.336. The first-order valence-corrected chi connectivity index (χ1v) is 3.89. The Kier molecular flexibility index (Phi) is 2.84. The molecule has 0 aliphatic carbocycles. The van der Waals surface area contributed by atoms with Crippen LogP contribution in [0.1, 0.15) is 6.92 Å². The van der Waals surface area contributed by atoms with Crippen LogP contribution in [0.5, 0.6) is 0 Å². The van der Waals surface area contributed by atoms with E-state index < -0.39 is 5.97 Å². The average molecular weight is 158 g/mol. The number of nitrogens with one attached hydrogen (secondary N) is 1. The van der Waals surface area contributed by atoms with Crippen molar-refractivity contribution in [3.63, 3.8) is 0 Å². The molecule has 0 amide bonds. The van der Waals surface area contributed by atoms with Crippen molar-refractivity contribution in [1.29, 1.82) is 0 Å². The molecule has 1 aliphatic heterocycles. The van der Waals surface area contributed by atoms with Crippen molar-refractivity contribution in [2.75, 3.05) is 26.2 Å². The van der Waals surface area contributed by atoms with E-state index in [1.165, 1.54) is 0 Å². The van der Waals surface area contributed by atoms with Gasteiger partial charge in [-0.1, -0.05) is 0 Å². The van der Waals surface area contributed by atoms with Crippen LogP contribution in [0.4, 0.5) is 0 Å². The van der Waals surface area contributed by atoms with Crippen LogP contribution in [-0.4, -0.2) is 48.2 Å². The quantitative estimate of drug-likeness (QED) is 0.561. The lowest BCUT2D eigenvalue weighted by atomic mass is 10.2. The van der Waals surface area contributed by atoms with Gasteiger partial charge in [-0.3, -0.25) is 9.69 Å². The van der Waals surface area contributed by atoms with Crippen molar-refractivity contribution in [2.24, 2.45) is 0 Å². The van der Waals surface area contributed by atoms with Crippen LogP contribution >= 0.6 is 0 Å². The van der Waals surface area contributed by atoms with E-state index in [0.717, 1.165) is 26.2 Å². The largest absolute Gasteiger partial charge is 0.480 e. The van der Waals surface area contributed by atoms with Crippen molar-refractivity contribution in [1.82, 2.24) is 10.2 Å². The summed E-state index contributed by atoms with van der Waals surface area (Å²) in [6.07, 6.45) is 0. The van der Waals surface area contributed by atoms with Crippen LogP contribution in [0.15, 0.2) is 0 Å². The van der Waals surface area contributed by atoms with Crippen molar-refractivity contribution < 1.29 is 9.90 Å². The van der Waals surface area contributed by atoms with Crippen LogP contribution in [0.3, 0.4) is 0 Å². The monoisotopic (exact) mass is 158 g/mol. The van der Waals surface area contributed by atoms with Gasteiger partial charge in [-0.05, 0) is 6.92 Å². The second kappa shape index (κ2) is 3.69. The molecule has 0 radical (unpaired) electrons. The number of aliphatic carboxylic acids is 1. The first-order valence-electron chi connectivity index (χ1n) is 3.89. The van der Waals surface area contributed by atoms with Gasteiger partial charge in [-0.15, -0.1) is 0 Å². The van der Waals surface area contributed by atoms with E-state index in [0.29, 0.717) is 0 Å². The molecule has 1 aliphatic rings. The molecule has 1 atom stereocenters. The van der Waals surface area contributed by atoms with Gasteiger partial charge in [0.1, 0.15) is 6.04 Å². The number of carboxylic acids is 1. The van der Waals surface area contributed by atoms with Crippen LogP contribution in [0.25, 0.3) is 0 Å². The lowest BCUT2D eigenvalue weighted by molar-refractivity contribution is -0.142. The third-order valence-electron chi connectivity index (χ3n) is 2.06. The molecule has 1 rings (SSSR count). The van der Waals surface area contributed by atoms with Gasteiger partial charge in [-0.2, -0.15) is 0 Å². The summed E-state index contributed by atoms with van der Waals surface area (Å²) in [5, 5.41) is 11.8. The predicted octanol–water partition coefficient (Wildman–Crippen LogP) is -0.635. The summed E-state index contributed by atoms with van der Waals surface area (Å²) >= 11 is 0. The lowest BCUT2D eigenvalue weighted by Crippen LogP contribution is -2.49. The minimum Gasteiger partial charge on any atom is -0.480 e. The smallest absolute Gasteiger partial charge is 0.320 e. The Balaban J connectivity index is 2.38. The zero-order chi connectivity index (χ0) is 8.27. The number of hydrogen-bond donors (Lipinski definition) is 2. The normalized spacial score (nSPS) is 23.0. The lowest BCUT2D eigenvalue weighted by Gasteiger charge is -2.30. The Morgan fingerprint density at radius 3 is 2.55 bits per heavy atom. The summed E-state index contributed by atoms with van der Waals surface area (Å²) in [7, 11) is 0. The molecule has 1 heterocycles. The van der Waals surface area contributed by atoms with Gasteiger partial charge in [-0.25, -0.2) is 0 Å².